The highest BCUT2D eigenvalue weighted by Gasteiger charge is 2.26. The van der Waals surface area contributed by atoms with Crippen molar-refractivity contribution < 1.29 is 4.79 Å². The molecular formula is C17H24OS. The molecule has 2 heteroatoms. The van der Waals surface area contributed by atoms with E-state index in [1.165, 1.54) is 25.7 Å². The van der Waals surface area contributed by atoms with Gasteiger partial charge < -0.3 is 0 Å². The zero-order chi connectivity index (χ0) is 13.7. The van der Waals surface area contributed by atoms with Gasteiger partial charge in [0.2, 0.25) is 0 Å². The van der Waals surface area contributed by atoms with Gasteiger partial charge >= 0.3 is 0 Å². The van der Waals surface area contributed by atoms with E-state index in [0.29, 0.717) is 11.0 Å². The first-order valence-corrected chi connectivity index (χ1v) is 8.39. The number of carbonyl (C=O) groups excluding carboxylic acids is 1. The molecule has 0 amide bonds. The maximum atomic E-state index is 12.5. The van der Waals surface area contributed by atoms with Crippen molar-refractivity contribution in [2.45, 2.75) is 56.5 Å². The molecule has 0 saturated heterocycles. The van der Waals surface area contributed by atoms with Crippen LogP contribution < -0.4 is 0 Å². The maximum absolute atomic E-state index is 12.5. The minimum Gasteiger partial charge on any atom is -0.293 e. The first kappa shape index (κ1) is 14.6. The van der Waals surface area contributed by atoms with E-state index in [1.807, 2.05) is 42.1 Å². The highest BCUT2D eigenvalue weighted by Crippen LogP contribution is 2.35. The van der Waals surface area contributed by atoms with Crippen LogP contribution in [0, 0.1) is 5.92 Å². The number of carbonyl (C=O) groups is 1. The average Bonchev–Trinajstić information content (AvgIpc) is 2.45. The Morgan fingerprint density at radius 2 is 2.05 bits per heavy atom. The van der Waals surface area contributed by atoms with Crippen LogP contribution in [-0.4, -0.2) is 16.3 Å². The van der Waals surface area contributed by atoms with Crippen LogP contribution in [0.2, 0.25) is 0 Å². The lowest BCUT2D eigenvalue weighted by Crippen LogP contribution is -2.23. The summed E-state index contributed by atoms with van der Waals surface area (Å²) in [6.07, 6.45) is 6.19. The van der Waals surface area contributed by atoms with Crippen molar-refractivity contribution >= 4 is 17.5 Å². The molecule has 1 saturated carbocycles. The highest BCUT2D eigenvalue weighted by molar-refractivity contribution is 8.01. The monoisotopic (exact) mass is 276 g/mol. The predicted octanol–water partition coefficient (Wildman–Crippen LogP) is 4.96. The second kappa shape index (κ2) is 7.14. The lowest BCUT2D eigenvalue weighted by atomic mass is 9.90. The van der Waals surface area contributed by atoms with E-state index in [-0.39, 0.29) is 5.25 Å². The molecule has 3 unspecified atom stereocenters. The summed E-state index contributed by atoms with van der Waals surface area (Å²) < 4.78 is 0. The second-order valence-electron chi connectivity index (χ2n) is 5.66. The number of ketones is 1. The van der Waals surface area contributed by atoms with Gasteiger partial charge in [0, 0.05) is 10.8 Å². The zero-order valence-electron chi connectivity index (χ0n) is 12.0. The summed E-state index contributed by atoms with van der Waals surface area (Å²) in [7, 11) is 0. The molecule has 1 aliphatic carbocycles. The van der Waals surface area contributed by atoms with Crippen LogP contribution in [0.15, 0.2) is 30.3 Å². The van der Waals surface area contributed by atoms with Gasteiger partial charge in [-0.1, -0.05) is 57.0 Å². The fourth-order valence-corrected chi connectivity index (χ4v) is 4.53. The van der Waals surface area contributed by atoms with Crippen molar-refractivity contribution in [1.82, 2.24) is 0 Å². The molecule has 2 rings (SSSR count). The van der Waals surface area contributed by atoms with Gasteiger partial charge in [-0.05, 0) is 25.2 Å². The minimum absolute atomic E-state index is 0.137. The first-order chi connectivity index (χ1) is 9.20. The summed E-state index contributed by atoms with van der Waals surface area (Å²) in [5.74, 6) is 1.14. The lowest BCUT2D eigenvalue weighted by Gasteiger charge is -2.28. The van der Waals surface area contributed by atoms with Gasteiger partial charge in [-0.15, -0.1) is 11.8 Å². The van der Waals surface area contributed by atoms with Crippen LogP contribution in [0.1, 0.15) is 56.3 Å². The van der Waals surface area contributed by atoms with E-state index in [4.69, 9.17) is 0 Å². The second-order valence-corrected chi connectivity index (χ2v) is 7.16. The van der Waals surface area contributed by atoms with Gasteiger partial charge in [-0.2, -0.15) is 0 Å². The average molecular weight is 276 g/mol. The minimum atomic E-state index is 0.137. The topological polar surface area (TPSA) is 17.1 Å². The van der Waals surface area contributed by atoms with Crippen LogP contribution in [0.5, 0.6) is 0 Å². The van der Waals surface area contributed by atoms with Crippen LogP contribution in [0.25, 0.3) is 0 Å². The Kier molecular flexibility index (Phi) is 5.50. The summed E-state index contributed by atoms with van der Waals surface area (Å²) in [6, 6.07) is 9.75. The maximum Gasteiger partial charge on any atom is 0.175 e. The largest absolute Gasteiger partial charge is 0.293 e. The number of hydrogen-bond donors (Lipinski definition) is 0. The van der Waals surface area contributed by atoms with Crippen molar-refractivity contribution in [2.24, 2.45) is 5.92 Å². The molecule has 1 aliphatic rings. The van der Waals surface area contributed by atoms with Crippen molar-refractivity contribution in [3.8, 4) is 0 Å². The van der Waals surface area contributed by atoms with Crippen molar-refractivity contribution in [3.05, 3.63) is 35.9 Å². The molecule has 0 aromatic heterocycles. The van der Waals surface area contributed by atoms with Crippen LogP contribution in [-0.2, 0) is 0 Å². The van der Waals surface area contributed by atoms with Gasteiger partial charge in [0.1, 0.15) is 0 Å². The number of benzene rings is 1. The molecule has 0 radical (unpaired) electrons. The Morgan fingerprint density at radius 1 is 1.32 bits per heavy atom. The Balaban J connectivity index is 1.98. The number of thioether (sulfide) groups is 1. The van der Waals surface area contributed by atoms with Gasteiger partial charge in [-0.25, -0.2) is 0 Å². The summed E-state index contributed by atoms with van der Waals surface area (Å²) >= 11 is 1.92. The number of Topliss-reactive ketones (excluding diaryl/α,β-unsaturated/α-hetero) is 1. The fourth-order valence-electron chi connectivity index (χ4n) is 2.87. The summed E-state index contributed by atoms with van der Waals surface area (Å²) in [6.45, 7) is 4.47. The summed E-state index contributed by atoms with van der Waals surface area (Å²) in [5, 5.41) is 0.819. The standard InChI is InChI=1S/C17H24OS/c1-3-16(17(18)14-9-5-4-6-10-14)19-15-11-7-8-13(2)12-15/h4-6,9-10,13,15-16H,3,7-8,11-12H2,1-2H3. The van der Waals surface area contributed by atoms with Crippen molar-refractivity contribution in [2.75, 3.05) is 0 Å². The van der Waals surface area contributed by atoms with E-state index in [0.717, 1.165) is 17.9 Å². The van der Waals surface area contributed by atoms with E-state index in [9.17, 15) is 4.79 Å². The molecule has 0 bridgehead atoms. The highest BCUT2D eigenvalue weighted by atomic mass is 32.2. The molecule has 0 N–H and O–H groups in total. The zero-order valence-corrected chi connectivity index (χ0v) is 12.8. The van der Waals surface area contributed by atoms with Gasteiger partial charge in [-0.3, -0.25) is 4.79 Å². The third-order valence-electron chi connectivity index (χ3n) is 3.97. The van der Waals surface area contributed by atoms with Gasteiger partial charge in [0.05, 0.1) is 5.25 Å². The fraction of sp³-hybridized carbons (Fsp3) is 0.588. The van der Waals surface area contributed by atoms with E-state index < -0.39 is 0 Å². The molecule has 0 heterocycles. The first-order valence-electron chi connectivity index (χ1n) is 7.45. The van der Waals surface area contributed by atoms with Crippen LogP contribution >= 0.6 is 11.8 Å². The smallest absolute Gasteiger partial charge is 0.175 e. The third kappa shape index (κ3) is 4.10. The Morgan fingerprint density at radius 3 is 2.68 bits per heavy atom. The molecule has 1 aromatic rings. The molecule has 3 atom stereocenters. The van der Waals surface area contributed by atoms with Crippen molar-refractivity contribution in [1.29, 1.82) is 0 Å². The number of rotatable bonds is 5. The quantitative estimate of drug-likeness (QED) is 0.707. The summed E-state index contributed by atoms with van der Waals surface area (Å²) in [5.41, 5.74) is 0.866. The van der Waals surface area contributed by atoms with E-state index >= 15 is 0 Å². The number of hydrogen-bond acceptors (Lipinski definition) is 2. The molecule has 1 fully saturated rings. The Labute approximate surface area is 121 Å². The van der Waals surface area contributed by atoms with Gasteiger partial charge in [0.15, 0.2) is 5.78 Å². The lowest BCUT2D eigenvalue weighted by molar-refractivity contribution is 0.0987. The van der Waals surface area contributed by atoms with Crippen LogP contribution in [0.4, 0.5) is 0 Å². The molecule has 1 aromatic carbocycles. The van der Waals surface area contributed by atoms with Crippen molar-refractivity contribution in [3.63, 3.8) is 0 Å². The molecule has 19 heavy (non-hydrogen) atoms. The SMILES string of the molecule is CCC(SC1CCCC(C)C1)C(=O)c1ccccc1. The third-order valence-corrected chi connectivity index (χ3v) is 5.66. The van der Waals surface area contributed by atoms with E-state index in [1.54, 1.807) is 0 Å². The van der Waals surface area contributed by atoms with Gasteiger partial charge in [0.25, 0.3) is 0 Å². The summed E-state index contributed by atoms with van der Waals surface area (Å²) in [4.78, 5) is 12.5. The molecular weight excluding hydrogens is 252 g/mol. The molecule has 0 spiro atoms. The van der Waals surface area contributed by atoms with E-state index in [2.05, 4.69) is 13.8 Å². The predicted molar refractivity (Wildman–Crippen MR) is 83.9 cm³/mol. The van der Waals surface area contributed by atoms with Crippen LogP contribution in [0.3, 0.4) is 0 Å². The Hall–Kier alpha value is -0.760. The normalized spacial score (nSPS) is 24.9. The molecule has 104 valence electrons. The Bertz CT molecular complexity index is 401. The molecule has 1 nitrogen and oxygen atoms in total. The molecule has 0 aliphatic heterocycles.